The lowest BCUT2D eigenvalue weighted by atomic mass is 10.0. The highest BCUT2D eigenvalue weighted by atomic mass is 28.4. The second kappa shape index (κ2) is 10.2. The van der Waals surface area contributed by atoms with Crippen molar-refractivity contribution in [2.75, 3.05) is 13.2 Å². The highest BCUT2D eigenvalue weighted by Crippen LogP contribution is 2.38. The van der Waals surface area contributed by atoms with Crippen LogP contribution < -0.4 is 10.4 Å². The van der Waals surface area contributed by atoms with Crippen molar-refractivity contribution in [3.63, 3.8) is 0 Å². The molecule has 1 saturated heterocycles. The van der Waals surface area contributed by atoms with E-state index in [4.69, 9.17) is 13.9 Å². The Kier molecular flexibility index (Phi) is 7.96. The minimum Gasteiger partial charge on any atom is -0.405 e. The molecule has 0 spiro atoms. The van der Waals surface area contributed by atoms with E-state index in [1.807, 2.05) is 50.2 Å². The first-order valence-corrected chi connectivity index (χ1v) is 13.4. The van der Waals surface area contributed by atoms with Crippen molar-refractivity contribution < 1.29 is 24.1 Å². The van der Waals surface area contributed by atoms with E-state index in [-0.39, 0.29) is 24.4 Å². The summed E-state index contributed by atoms with van der Waals surface area (Å²) in [6.45, 7) is 10.6. The molecule has 1 heterocycles. The van der Waals surface area contributed by atoms with E-state index in [9.17, 15) is 10.2 Å². The van der Waals surface area contributed by atoms with Gasteiger partial charge in [0, 0.05) is 6.61 Å². The van der Waals surface area contributed by atoms with Crippen molar-refractivity contribution >= 4 is 18.7 Å². The zero-order chi connectivity index (χ0) is 23.4. The van der Waals surface area contributed by atoms with Crippen molar-refractivity contribution in [2.24, 2.45) is 0 Å². The SMILES string of the molecule is CC1(C)O[C@H]([C@H](O)CO[Si](c2ccccc2)(c2ccccc2)C(C)(C)C)[C@H](CCCO)O1. The van der Waals surface area contributed by atoms with Gasteiger partial charge in [-0.25, -0.2) is 0 Å². The summed E-state index contributed by atoms with van der Waals surface area (Å²) in [5.41, 5.74) is 0. The van der Waals surface area contributed by atoms with Crippen molar-refractivity contribution in [1.82, 2.24) is 0 Å². The Hall–Kier alpha value is -1.54. The average Bonchev–Trinajstić information content (AvgIpc) is 3.07. The Labute approximate surface area is 193 Å². The third-order valence-electron chi connectivity index (χ3n) is 6.13. The lowest BCUT2D eigenvalue weighted by molar-refractivity contribution is -0.157. The zero-order valence-corrected chi connectivity index (χ0v) is 21.0. The van der Waals surface area contributed by atoms with E-state index in [0.29, 0.717) is 12.8 Å². The first-order chi connectivity index (χ1) is 15.1. The molecular formula is C26H38O5Si. The van der Waals surface area contributed by atoms with Crippen LogP contribution in [0.5, 0.6) is 0 Å². The molecule has 2 N–H and O–H groups in total. The van der Waals surface area contributed by atoms with Crippen molar-refractivity contribution in [1.29, 1.82) is 0 Å². The molecule has 1 aliphatic heterocycles. The Bertz CT molecular complexity index is 795. The molecule has 3 atom stereocenters. The molecule has 0 bridgehead atoms. The van der Waals surface area contributed by atoms with Gasteiger partial charge in [-0.2, -0.15) is 0 Å². The molecule has 6 heteroatoms. The second-order valence-corrected chi connectivity index (χ2v) is 14.4. The van der Waals surface area contributed by atoms with Gasteiger partial charge in [0.15, 0.2) is 5.79 Å². The molecule has 0 aromatic heterocycles. The van der Waals surface area contributed by atoms with Gasteiger partial charge in [0.2, 0.25) is 0 Å². The van der Waals surface area contributed by atoms with Crippen LogP contribution in [0.3, 0.4) is 0 Å². The van der Waals surface area contributed by atoms with Crippen molar-refractivity contribution in [3.05, 3.63) is 60.7 Å². The summed E-state index contributed by atoms with van der Waals surface area (Å²) in [5.74, 6) is -0.775. The molecule has 2 aromatic rings. The predicted molar refractivity (Wildman–Crippen MR) is 130 cm³/mol. The van der Waals surface area contributed by atoms with Crippen LogP contribution in [0.25, 0.3) is 0 Å². The normalized spacial score (nSPS) is 22.1. The van der Waals surface area contributed by atoms with Crippen LogP contribution >= 0.6 is 0 Å². The smallest absolute Gasteiger partial charge is 0.261 e. The van der Waals surface area contributed by atoms with Crippen LogP contribution in [0.1, 0.15) is 47.5 Å². The Balaban J connectivity index is 1.92. The Morgan fingerprint density at radius 2 is 1.50 bits per heavy atom. The summed E-state index contributed by atoms with van der Waals surface area (Å²) < 4.78 is 18.9. The van der Waals surface area contributed by atoms with Crippen LogP contribution in [-0.4, -0.2) is 55.8 Å². The summed E-state index contributed by atoms with van der Waals surface area (Å²) >= 11 is 0. The van der Waals surface area contributed by atoms with Gasteiger partial charge in [0.25, 0.3) is 8.32 Å². The zero-order valence-electron chi connectivity index (χ0n) is 20.0. The summed E-state index contributed by atoms with van der Waals surface area (Å²) in [5, 5.41) is 22.6. The summed E-state index contributed by atoms with van der Waals surface area (Å²) in [6, 6.07) is 20.8. The minimum absolute atomic E-state index is 0.0850. The minimum atomic E-state index is -2.74. The van der Waals surface area contributed by atoms with E-state index in [0.717, 1.165) is 0 Å². The van der Waals surface area contributed by atoms with Crippen molar-refractivity contribution in [2.45, 2.75) is 76.6 Å². The Morgan fingerprint density at radius 1 is 0.969 bits per heavy atom. The molecule has 2 aromatic carbocycles. The standard InChI is InChI=1S/C26H38O5Si/c1-25(2,3)32(20-13-8-6-9-14-20,21-15-10-7-11-16-21)29-19-22(28)24-23(17-12-18-27)30-26(4,5)31-24/h6-11,13-16,22-24,27-28H,12,17-19H2,1-5H3/t22-,23+,24-/m1/s1. The number of aliphatic hydroxyl groups is 2. The van der Waals surface area contributed by atoms with Crippen LogP contribution in [0.15, 0.2) is 60.7 Å². The lowest BCUT2D eigenvalue weighted by Crippen LogP contribution is -2.67. The summed E-state index contributed by atoms with van der Waals surface area (Å²) in [7, 11) is -2.74. The van der Waals surface area contributed by atoms with E-state index in [2.05, 4.69) is 45.0 Å². The van der Waals surface area contributed by atoms with E-state index < -0.39 is 26.3 Å². The third kappa shape index (κ3) is 5.33. The van der Waals surface area contributed by atoms with Gasteiger partial charge in [-0.1, -0.05) is 81.4 Å². The fourth-order valence-electron chi connectivity index (χ4n) is 4.77. The maximum Gasteiger partial charge on any atom is 0.261 e. The number of benzene rings is 2. The van der Waals surface area contributed by atoms with Crippen LogP contribution in [0, 0.1) is 0 Å². The maximum atomic E-state index is 11.2. The number of ether oxygens (including phenoxy) is 2. The highest BCUT2D eigenvalue weighted by molar-refractivity contribution is 6.99. The largest absolute Gasteiger partial charge is 0.405 e. The molecule has 0 saturated carbocycles. The van der Waals surface area contributed by atoms with E-state index >= 15 is 0 Å². The van der Waals surface area contributed by atoms with Gasteiger partial charge in [-0.15, -0.1) is 0 Å². The molecule has 0 aliphatic carbocycles. The molecule has 1 fully saturated rings. The summed E-state index contributed by atoms with van der Waals surface area (Å²) in [6.07, 6.45) is -0.407. The van der Waals surface area contributed by atoms with Crippen LogP contribution in [0.4, 0.5) is 0 Å². The molecule has 0 unspecified atom stereocenters. The van der Waals surface area contributed by atoms with Crippen LogP contribution in [-0.2, 0) is 13.9 Å². The molecule has 32 heavy (non-hydrogen) atoms. The van der Waals surface area contributed by atoms with Crippen molar-refractivity contribution in [3.8, 4) is 0 Å². The molecule has 0 amide bonds. The molecule has 0 radical (unpaired) electrons. The molecular weight excluding hydrogens is 420 g/mol. The predicted octanol–water partition coefficient (Wildman–Crippen LogP) is 3.22. The number of hydrogen-bond donors (Lipinski definition) is 2. The number of aliphatic hydroxyl groups excluding tert-OH is 2. The maximum absolute atomic E-state index is 11.2. The monoisotopic (exact) mass is 458 g/mol. The topological polar surface area (TPSA) is 68.2 Å². The highest BCUT2D eigenvalue weighted by Gasteiger charge is 2.51. The summed E-state index contributed by atoms with van der Waals surface area (Å²) in [4.78, 5) is 0. The van der Waals surface area contributed by atoms with Gasteiger partial charge in [-0.3, -0.25) is 0 Å². The molecule has 1 aliphatic rings. The first kappa shape index (κ1) is 25.1. The molecule has 3 rings (SSSR count). The number of hydrogen-bond acceptors (Lipinski definition) is 5. The van der Waals surface area contributed by atoms with Gasteiger partial charge in [-0.05, 0) is 42.1 Å². The quantitative estimate of drug-likeness (QED) is 0.565. The number of rotatable bonds is 9. The first-order valence-electron chi connectivity index (χ1n) is 11.5. The van der Waals surface area contributed by atoms with Gasteiger partial charge < -0.3 is 24.1 Å². The van der Waals surface area contributed by atoms with E-state index in [1.54, 1.807) is 0 Å². The third-order valence-corrected chi connectivity index (χ3v) is 11.1. The molecule has 5 nitrogen and oxygen atoms in total. The van der Waals surface area contributed by atoms with Gasteiger partial charge >= 0.3 is 0 Å². The molecule has 176 valence electrons. The average molecular weight is 459 g/mol. The van der Waals surface area contributed by atoms with E-state index in [1.165, 1.54) is 10.4 Å². The Morgan fingerprint density at radius 3 is 1.97 bits per heavy atom. The van der Waals surface area contributed by atoms with Gasteiger partial charge in [0.05, 0.1) is 12.7 Å². The van der Waals surface area contributed by atoms with Gasteiger partial charge in [0.1, 0.15) is 12.2 Å². The fraction of sp³-hybridized carbons (Fsp3) is 0.538. The fourth-order valence-corrected chi connectivity index (χ4v) is 9.35. The second-order valence-electron chi connectivity index (χ2n) is 10.0. The lowest BCUT2D eigenvalue weighted by Gasteiger charge is -2.43. The van der Waals surface area contributed by atoms with Crippen LogP contribution in [0.2, 0.25) is 5.04 Å².